The maximum atomic E-state index is 12.5. The van der Waals surface area contributed by atoms with Crippen LogP contribution in [0.25, 0.3) is 0 Å². The third-order valence-corrected chi connectivity index (χ3v) is 6.03. The molecule has 0 bridgehead atoms. The van der Waals surface area contributed by atoms with Crippen LogP contribution in [-0.2, 0) is 21.2 Å². The third kappa shape index (κ3) is 6.01. The first kappa shape index (κ1) is 21.8. The van der Waals surface area contributed by atoms with E-state index in [0.29, 0.717) is 0 Å². The maximum absolute atomic E-state index is 12.5. The maximum Gasteiger partial charge on any atom is 0.253 e. The van der Waals surface area contributed by atoms with Gasteiger partial charge in [-0.15, -0.1) is 0 Å². The Bertz CT molecular complexity index is 944. The number of hydrazine groups is 1. The predicted octanol–water partition coefficient (Wildman–Crippen LogP) is 2.20. The van der Waals surface area contributed by atoms with Gasteiger partial charge in [-0.05, 0) is 55.4 Å². The van der Waals surface area contributed by atoms with E-state index in [2.05, 4.69) is 23.1 Å². The van der Waals surface area contributed by atoms with Crippen molar-refractivity contribution in [2.75, 3.05) is 18.9 Å². The zero-order valence-electron chi connectivity index (χ0n) is 16.0. The molecule has 0 aliphatic carbocycles. The number of carbonyl (C=O) groups is 1. The molecule has 0 aliphatic rings. The van der Waals surface area contributed by atoms with Crippen molar-refractivity contribution in [2.45, 2.75) is 25.2 Å². The van der Waals surface area contributed by atoms with E-state index < -0.39 is 15.9 Å². The molecule has 3 N–H and O–H groups in total. The van der Waals surface area contributed by atoms with Crippen LogP contribution in [0.2, 0.25) is 0 Å². The fraction of sp³-hybridized carbons (Fsp3) is 0.263. The number of likely N-dealkylation sites (N-methyl/N-ethyl adjacent to an activating group) is 1. The summed E-state index contributed by atoms with van der Waals surface area (Å²) < 4.78 is 26.0. The summed E-state index contributed by atoms with van der Waals surface area (Å²) >= 11 is 5.14. The zero-order chi connectivity index (χ0) is 20.7. The van der Waals surface area contributed by atoms with Crippen molar-refractivity contribution >= 4 is 38.9 Å². The molecule has 2 aromatic carbocycles. The van der Waals surface area contributed by atoms with E-state index in [-0.39, 0.29) is 16.6 Å². The van der Waals surface area contributed by atoms with Crippen molar-refractivity contribution in [1.82, 2.24) is 15.2 Å². The Hall–Kier alpha value is -2.49. The number of rotatable bonds is 6. The number of nitrogens with one attached hydrogen (secondary N) is 3. The number of thiocarbonyl (C=S) groups is 1. The molecule has 150 valence electrons. The van der Waals surface area contributed by atoms with Crippen molar-refractivity contribution in [3.63, 3.8) is 0 Å². The van der Waals surface area contributed by atoms with Crippen molar-refractivity contribution in [2.24, 2.45) is 0 Å². The first-order valence-corrected chi connectivity index (χ1v) is 10.5. The summed E-state index contributed by atoms with van der Waals surface area (Å²) in [5.41, 5.74) is 7.87. The van der Waals surface area contributed by atoms with E-state index in [1.807, 2.05) is 31.2 Å². The summed E-state index contributed by atoms with van der Waals surface area (Å²) in [5.74, 6) is -0.537. The van der Waals surface area contributed by atoms with Crippen LogP contribution in [-0.4, -0.2) is 37.3 Å². The SMILES string of the molecule is CCc1cccc(NC(=S)NNC(=O)CN(C)S(=O)(=O)c2ccc(C)cc2)c1. The van der Waals surface area contributed by atoms with Crippen LogP contribution in [0, 0.1) is 6.92 Å². The second-order valence-electron chi connectivity index (χ2n) is 6.26. The lowest BCUT2D eigenvalue weighted by Crippen LogP contribution is -2.48. The highest BCUT2D eigenvalue weighted by Gasteiger charge is 2.22. The molecular formula is C19H24N4O3S2. The largest absolute Gasteiger partial charge is 0.331 e. The van der Waals surface area contributed by atoms with E-state index >= 15 is 0 Å². The topological polar surface area (TPSA) is 90.5 Å². The fourth-order valence-electron chi connectivity index (χ4n) is 2.37. The third-order valence-electron chi connectivity index (χ3n) is 4.00. The van der Waals surface area contributed by atoms with Gasteiger partial charge in [0.1, 0.15) is 0 Å². The number of benzene rings is 2. The summed E-state index contributed by atoms with van der Waals surface area (Å²) in [4.78, 5) is 12.2. The molecule has 0 fully saturated rings. The van der Waals surface area contributed by atoms with E-state index in [1.54, 1.807) is 12.1 Å². The van der Waals surface area contributed by atoms with E-state index in [1.165, 1.54) is 19.2 Å². The Labute approximate surface area is 171 Å². The molecule has 28 heavy (non-hydrogen) atoms. The zero-order valence-corrected chi connectivity index (χ0v) is 17.7. The molecular weight excluding hydrogens is 396 g/mol. The molecule has 9 heteroatoms. The van der Waals surface area contributed by atoms with Gasteiger partial charge in [0.05, 0.1) is 11.4 Å². The average molecular weight is 421 g/mol. The van der Waals surface area contributed by atoms with E-state index in [0.717, 1.165) is 27.5 Å². The number of anilines is 1. The smallest absolute Gasteiger partial charge is 0.253 e. The number of aryl methyl sites for hydroxylation is 2. The van der Waals surface area contributed by atoms with Gasteiger partial charge in [-0.1, -0.05) is 36.8 Å². The number of hydrogen-bond donors (Lipinski definition) is 3. The molecule has 2 aromatic rings. The molecule has 0 radical (unpaired) electrons. The minimum absolute atomic E-state index is 0.134. The highest BCUT2D eigenvalue weighted by atomic mass is 32.2. The molecule has 0 aromatic heterocycles. The standard InChI is InChI=1S/C19H24N4O3S2/c1-4-15-6-5-7-16(12-15)20-19(27)22-21-18(24)13-23(3)28(25,26)17-10-8-14(2)9-11-17/h5-12H,4,13H2,1-3H3,(H,21,24)(H2,20,22,27). The van der Waals surface area contributed by atoms with Crippen LogP contribution in [0.5, 0.6) is 0 Å². The van der Waals surface area contributed by atoms with Gasteiger partial charge in [-0.3, -0.25) is 15.6 Å². The minimum Gasteiger partial charge on any atom is -0.331 e. The Kier molecular flexibility index (Phi) is 7.50. The first-order chi connectivity index (χ1) is 13.2. The monoisotopic (exact) mass is 420 g/mol. The van der Waals surface area contributed by atoms with Crippen LogP contribution >= 0.6 is 12.2 Å². The Morgan fingerprint density at radius 2 is 1.79 bits per heavy atom. The predicted molar refractivity (Wildman–Crippen MR) is 114 cm³/mol. The van der Waals surface area contributed by atoms with Gasteiger partial charge in [-0.25, -0.2) is 8.42 Å². The van der Waals surface area contributed by atoms with Crippen molar-refractivity contribution < 1.29 is 13.2 Å². The second kappa shape index (κ2) is 9.63. The number of nitrogens with zero attached hydrogens (tertiary/aromatic N) is 1. The Morgan fingerprint density at radius 1 is 1.11 bits per heavy atom. The number of amides is 1. The Balaban J connectivity index is 1.87. The van der Waals surface area contributed by atoms with E-state index in [9.17, 15) is 13.2 Å². The molecule has 2 rings (SSSR count). The quantitative estimate of drug-likeness (QED) is 0.490. The molecule has 0 aliphatic heterocycles. The van der Waals surface area contributed by atoms with Crippen LogP contribution in [0.1, 0.15) is 18.1 Å². The summed E-state index contributed by atoms with van der Waals surface area (Å²) in [6.07, 6.45) is 0.897. The van der Waals surface area contributed by atoms with Gasteiger partial charge in [-0.2, -0.15) is 4.31 Å². The molecule has 0 saturated heterocycles. The van der Waals surface area contributed by atoms with Crippen LogP contribution < -0.4 is 16.2 Å². The molecule has 0 heterocycles. The van der Waals surface area contributed by atoms with Gasteiger partial charge in [0.15, 0.2) is 5.11 Å². The summed E-state index contributed by atoms with van der Waals surface area (Å²) in [5, 5.41) is 3.16. The van der Waals surface area contributed by atoms with Crippen molar-refractivity contribution in [3.8, 4) is 0 Å². The normalized spacial score (nSPS) is 11.1. The lowest BCUT2D eigenvalue weighted by molar-refractivity contribution is -0.121. The van der Waals surface area contributed by atoms with Crippen LogP contribution in [0.3, 0.4) is 0 Å². The van der Waals surface area contributed by atoms with Crippen LogP contribution in [0.4, 0.5) is 5.69 Å². The molecule has 1 amide bonds. The average Bonchev–Trinajstić information content (AvgIpc) is 2.66. The van der Waals surface area contributed by atoms with Gasteiger partial charge in [0, 0.05) is 12.7 Å². The summed E-state index contributed by atoms with van der Waals surface area (Å²) in [6, 6.07) is 14.2. The highest BCUT2D eigenvalue weighted by molar-refractivity contribution is 7.89. The fourth-order valence-corrected chi connectivity index (χ4v) is 3.67. The van der Waals surface area contributed by atoms with Crippen molar-refractivity contribution in [1.29, 1.82) is 0 Å². The first-order valence-electron chi connectivity index (χ1n) is 8.70. The number of carbonyl (C=O) groups excluding carboxylic acids is 1. The minimum atomic E-state index is -3.75. The van der Waals surface area contributed by atoms with Crippen LogP contribution in [0.15, 0.2) is 53.4 Å². The molecule has 0 unspecified atom stereocenters. The van der Waals surface area contributed by atoms with Crippen molar-refractivity contribution in [3.05, 3.63) is 59.7 Å². The Morgan fingerprint density at radius 3 is 2.43 bits per heavy atom. The summed E-state index contributed by atoms with van der Waals surface area (Å²) in [7, 11) is -2.40. The molecule has 0 atom stereocenters. The van der Waals surface area contributed by atoms with Gasteiger partial charge < -0.3 is 5.32 Å². The summed E-state index contributed by atoms with van der Waals surface area (Å²) in [6.45, 7) is 3.57. The van der Waals surface area contributed by atoms with Gasteiger partial charge in [0.2, 0.25) is 10.0 Å². The van der Waals surface area contributed by atoms with Gasteiger partial charge in [0.25, 0.3) is 5.91 Å². The lowest BCUT2D eigenvalue weighted by atomic mass is 10.1. The number of sulfonamides is 1. The van der Waals surface area contributed by atoms with Gasteiger partial charge >= 0.3 is 0 Å². The lowest BCUT2D eigenvalue weighted by Gasteiger charge is -2.18. The second-order valence-corrected chi connectivity index (χ2v) is 8.71. The molecule has 0 saturated carbocycles. The molecule has 7 nitrogen and oxygen atoms in total. The number of hydrogen-bond acceptors (Lipinski definition) is 4. The van der Waals surface area contributed by atoms with E-state index in [4.69, 9.17) is 12.2 Å². The highest BCUT2D eigenvalue weighted by Crippen LogP contribution is 2.14. The molecule has 0 spiro atoms.